The van der Waals surface area contributed by atoms with Crippen LogP contribution in [0.5, 0.6) is 0 Å². The molecule has 0 aliphatic heterocycles. The lowest BCUT2D eigenvalue weighted by Gasteiger charge is -2.20. The summed E-state index contributed by atoms with van der Waals surface area (Å²) in [5.41, 5.74) is 6.51. The van der Waals surface area contributed by atoms with Gasteiger partial charge in [0.25, 0.3) is 0 Å². The SMILES string of the molecule is CCC(N)c1cc(CC(C)(C)OC)no1. The molecule has 1 heterocycles. The Morgan fingerprint density at radius 1 is 1.60 bits per heavy atom. The normalized spacial score (nSPS) is 14.2. The van der Waals surface area contributed by atoms with E-state index in [1.165, 1.54) is 0 Å². The minimum atomic E-state index is -0.218. The van der Waals surface area contributed by atoms with Crippen LogP contribution in [-0.4, -0.2) is 17.9 Å². The average Bonchev–Trinajstić information content (AvgIpc) is 2.64. The van der Waals surface area contributed by atoms with Crippen LogP contribution >= 0.6 is 0 Å². The summed E-state index contributed by atoms with van der Waals surface area (Å²) in [7, 11) is 1.69. The maximum atomic E-state index is 5.84. The zero-order valence-electron chi connectivity index (χ0n) is 9.91. The molecule has 4 heteroatoms. The van der Waals surface area contributed by atoms with Crippen LogP contribution in [0, 0.1) is 0 Å². The Morgan fingerprint density at radius 3 is 2.80 bits per heavy atom. The monoisotopic (exact) mass is 212 g/mol. The van der Waals surface area contributed by atoms with Gasteiger partial charge in [0.1, 0.15) is 0 Å². The molecule has 15 heavy (non-hydrogen) atoms. The van der Waals surface area contributed by atoms with E-state index in [1.54, 1.807) is 7.11 Å². The Labute approximate surface area is 90.8 Å². The second kappa shape index (κ2) is 4.77. The van der Waals surface area contributed by atoms with Crippen molar-refractivity contribution >= 4 is 0 Å². The summed E-state index contributed by atoms with van der Waals surface area (Å²) < 4.78 is 10.5. The van der Waals surface area contributed by atoms with E-state index < -0.39 is 0 Å². The summed E-state index contributed by atoms with van der Waals surface area (Å²) in [4.78, 5) is 0. The van der Waals surface area contributed by atoms with Gasteiger partial charge in [0.2, 0.25) is 0 Å². The Bertz CT molecular complexity index is 307. The summed E-state index contributed by atoms with van der Waals surface area (Å²) in [6, 6.07) is 1.85. The van der Waals surface area contributed by atoms with Crippen LogP contribution in [0.1, 0.15) is 44.7 Å². The molecule has 0 radical (unpaired) electrons. The second-order valence-electron chi connectivity index (χ2n) is 4.38. The highest BCUT2D eigenvalue weighted by molar-refractivity contribution is 5.10. The van der Waals surface area contributed by atoms with Gasteiger partial charge in [-0.1, -0.05) is 12.1 Å². The van der Waals surface area contributed by atoms with E-state index >= 15 is 0 Å². The van der Waals surface area contributed by atoms with Gasteiger partial charge in [-0.15, -0.1) is 0 Å². The van der Waals surface area contributed by atoms with Crippen molar-refractivity contribution in [2.24, 2.45) is 5.73 Å². The van der Waals surface area contributed by atoms with Crippen LogP contribution in [0.3, 0.4) is 0 Å². The zero-order valence-corrected chi connectivity index (χ0v) is 9.91. The third-order valence-electron chi connectivity index (χ3n) is 2.54. The van der Waals surface area contributed by atoms with Crippen LogP contribution in [0.15, 0.2) is 10.6 Å². The topological polar surface area (TPSA) is 61.3 Å². The Balaban J connectivity index is 2.68. The highest BCUT2D eigenvalue weighted by atomic mass is 16.5. The van der Waals surface area contributed by atoms with Crippen LogP contribution in [0.4, 0.5) is 0 Å². The lowest BCUT2D eigenvalue weighted by molar-refractivity contribution is 0.0218. The van der Waals surface area contributed by atoms with Crippen molar-refractivity contribution < 1.29 is 9.26 Å². The van der Waals surface area contributed by atoms with Crippen molar-refractivity contribution in [3.63, 3.8) is 0 Å². The van der Waals surface area contributed by atoms with Crippen molar-refractivity contribution in [3.8, 4) is 0 Å². The Hall–Kier alpha value is -0.870. The van der Waals surface area contributed by atoms with Gasteiger partial charge >= 0.3 is 0 Å². The highest BCUT2D eigenvalue weighted by Crippen LogP contribution is 2.19. The van der Waals surface area contributed by atoms with Crippen LogP contribution in [-0.2, 0) is 11.2 Å². The number of hydrogen-bond donors (Lipinski definition) is 1. The summed E-state index contributed by atoms with van der Waals surface area (Å²) in [6.07, 6.45) is 1.58. The van der Waals surface area contributed by atoms with Gasteiger partial charge < -0.3 is 15.0 Å². The van der Waals surface area contributed by atoms with Crippen molar-refractivity contribution in [2.75, 3.05) is 7.11 Å². The zero-order chi connectivity index (χ0) is 11.5. The molecule has 1 unspecified atom stereocenters. The fraction of sp³-hybridized carbons (Fsp3) is 0.727. The molecule has 0 bridgehead atoms. The molecular formula is C11H20N2O2. The summed E-state index contributed by atoms with van der Waals surface area (Å²) in [6.45, 7) is 6.05. The minimum absolute atomic E-state index is 0.0584. The molecule has 4 nitrogen and oxygen atoms in total. The van der Waals surface area contributed by atoms with Gasteiger partial charge in [0, 0.05) is 19.6 Å². The van der Waals surface area contributed by atoms with E-state index in [1.807, 2.05) is 26.8 Å². The lowest BCUT2D eigenvalue weighted by atomic mass is 10.0. The minimum Gasteiger partial charge on any atom is -0.378 e. The molecule has 0 spiro atoms. The molecule has 1 aromatic rings. The van der Waals surface area contributed by atoms with E-state index in [2.05, 4.69) is 5.16 Å². The molecule has 0 aliphatic rings. The molecule has 86 valence electrons. The predicted molar refractivity (Wildman–Crippen MR) is 58.5 cm³/mol. The van der Waals surface area contributed by atoms with Gasteiger partial charge in [-0.3, -0.25) is 0 Å². The highest BCUT2D eigenvalue weighted by Gasteiger charge is 2.20. The van der Waals surface area contributed by atoms with E-state index in [4.69, 9.17) is 15.0 Å². The molecule has 0 aromatic carbocycles. The maximum Gasteiger partial charge on any atom is 0.153 e. The number of hydrogen-bond acceptors (Lipinski definition) is 4. The molecule has 1 rings (SSSR count). The van der Waals surface area contributed by atoms with Crippen LogP contribution in [0.2, 0.25) is 0 Å². The number of methoxy groups -OCH3 is 1. The first-order chi connectivity index (χ1) is 6.98. The third-order valence-corrected chi connectivity index (χ3v) is 2.54. The maximum absolute atomic E-state index is 5.84. The van der Waals surface area contributed by atoms with Gasteiger partial charge in [-0.2, -0.15) is 0 Å². The largest absolute Gasteiger partial charge is 0.378 e. The first-order valence-electron chi connectivity index (χ1n) is 5.24. The molecular weight excluding hydrogens is 192 g/mol. The number of nitrogens with two attached hydrogens (primary N) is 1. The molecule has 0 amide bonds. The summed E-state index contributed by atoms with van der Waals surface area (Å²) in [5.74, 6) is 0.749. The predicted octanol–water partition coefficient (Wildman–Crippen LogP) is 2.05. The van der Waals surface area contributed by atoms with E-state index in [0.29, 0.717) is 0 Å². The van der Waals surface area contributed by atoms with Crippen molar-refractivity contribution in [1.29, 1.82) is 0 Å². The van der Waals surface area contributed by atoms with E-state index in [9.17, 15) is 0 Å². The molecule has 0 aliphatic carbocycles. The van der Waals surface area contributed by atoms with E-state index in [-0.39, 0.29) is 11.6 Å². The lowest BCUT2D eigenvalue weighted by Crippen LogP contribution is -2.25. The first kappa shape index (κ1) is 12.2. The third kappa shape index (κ3) is 3.32. The Morgan fingerprint density at radius 2 is 2.27 bits per heavy atom. The summed E-state index contributed by atoms with van der Waals surface area (Å²) >= 11 is 0. The number of nitrogens with zero attached hydrogens (tertiary/aromatic N) is 1. The fourth-order valence-electron chi connectivity index (χ4n) is 1.30. The number of aromatic nitrogens is 1. The molecule has 0 saturated carbocycles. The van der Waals surface area contributed by atoms with Gasteiger partial charge in [0.15, 0.2) is 5.76 Å². The standard InChI is InChI=1S/C11H20N2O2/c1-5-9(12)10-6-8(13-15-10)7-11(2,3)14-4/h6,9H,5,7,12H2,1-4H3. The van der Waals surface area contributed by atoms with Crippen molar-refractivity contribution in [2.45, 2.75) is 45.3 Å². The number of rotatable bonds is 5. The molecule has 0 saturated heterocycles. The molecule has 1 atom stereocenters. The van der Waals surface area contributed by atoms with E-state index in [0.717, 1.165) is 24.3 Å². The summed E-state index contributed by atoms with van der Waals surface area (Å²) in [5, 5.41) is 3.98. The van der Waals surface area contributed by atoms with Crippen molar-refractivity contribution in [3.05, 3.63) is 17.5 Å². The van der Waals surface area contributed by atoms with Gasteiger partial charge in [-0.25, -0.2) is 0 Å². The van der Waals surface area contributed by atoms with Gasteiger partial charge in [-0.05, 0) is 20.3 Å². The van der Waals surface area contributed by atoms with Crippen LogP contribution in [0.25, 0.3) is 0 Å². The smallest absolute Gasteiger partial charge is 0.153 e. The molecule has 1 aromatic heterocycles. The van der Waals surface area contributed by atoms with Gasteiger partial charge in [0.05, 0.1) is 17.3 Å². The second-order valence-corrected chi connectivity index (χ2v) is 4.38. The Kier molecular flexibility index (Phi) is 3.88. The van der Waals surface area contributed by atoms with Crippen LogP contribution < -0.4 is 5.73 Å². The first-order valence-corrected chi connectivity index (χ1v) is 5.24. The number of ether oxygens (including phenoxy) is 1. The quantitative estimate of drug-likeness (QED) is 0.811. The fourth-order valence-corrected chi connectivity index (χ4v) is 1.30. The molecule has 2 N–H and O–H groups in total. The molecule has 0 fully saturated rings. The average molecular weight is 212 g/mol. The van der Waals surface area contributed by atoms with Crippen molar-refractivity contribution in [1.82, 2.24) is 5.16 Å².